The van der Waals surface area contributed by atoms with Crippen molar-refractivity contribution in [3.63, 3.8) is 0 Å². The molecule has 1 unspecified atom stereocenters. The Morgan fingerprint density at radius 3 is 3.33 bits per heavy atom. The second-order valence-electron chi connectivity index (χ2n) is 3.73. The fourth-order valence-electron chi connectivity index (χ4n) is 1.87. The molecule has 1 aromatic heterocycles. The number of rotatable bonds is 2. The van der Waals surface area contributed by atoms with Crippen LogP contribution in [0, 0.1) is 0 Å². The molecular formula is C11H12N2O2. The van der Waals surface area contributed by atoms with Gasteiger partial charge >= 0.3 is 0 Å². The van der Waals surface area contributed by atoms with Crippen LogP contribution in [0.3, 0.4) is 0 Å². The molecule has 0 radical (unpaired) electrons. The van der Waals surface area contributed by atoms with Crippen LogP contribution < -0.4 is 10.1 Å². The lowest BCUT2D eigenvalue weighted by atomic mass is 10.2. The van der Waals surface area contributed by atoms with Gasteiger partial charge in [0.15, 0.2) is 5.75 Å². The molecule has 0 saturated carbocycles. The average Bonchev–Trinajstić information content (AvgIpc) is 2.87. The zero-order valence-electron chi connectivity index (χ0n) is 8.27. The van der Waals surface area contributed by atoms with Gasteiger partial charge in [-0.05, 0) is 25.1 Å². The number of para-hydroxylation sites is 1. The minimum absolute atomic E-state index is 0.251. The first-order valence-electron chi connectivity index (χ1n) is 5.14. The molecule has 0 spiro atoms. The normalized spacial score (nSPS) is 20.9. The van der Waals surface area contributed by atoms with Crippen LogP contribution >= 0.6 is 0 Å². The number of benzene rings is 1. The van der Waals surface area contributed by atoms with Gasteiger partial charge in [-0.15, -0.1) is 0 Å². The third kappa shape index (κ3) is 1.57. The van der Waals surface area contributed by atoms with E-state index in [4.69, 9.17) is 9.26 Å². The first-order valence-corrected chi connectivity index (χ1v) is 5.14. The van der Waals surface area contributed by atoms with Crippen LogP contribution in [0.4, 0.5) is 0 Å². The SMILES string of the molecule is c1cc(OC2CCNC2)c2oncc2c1. The van der Waals surface area contributed by atoms with Gasteiger partial charge in [-0.25, -0.2) is 0 Å². The van der Waals surface area contributed by atoms with Crippen molar-refractivity contribution >= 4 is 11.0 Å². The van der Waals surface area contributed by atoms with Gasteiger partial charge in [-0.1, -0.05) is 11.2 Å². The highest BCUT2D eigenvalue weighted by molar-refractivity contribution is 5.81. The number of nitrogens with zero attached hydrogens (tertiary/aromatic N) is 1. The molecule has 1 aliphatic heterocycles. The van der Waals surface area contributed by atoms with Crippen molar-refractivity contribution in [3.05, 3.63) is 24.4 Å². The van der Waals surface area contributed by atoms with Crippen molar-refractivity contribution in [1.82, 2.24) is 10.5 Å². The Morgan fingerprint density at radius 2 is 2.47 bits per heavy atom. The Kier molecular flexibility index (Phi) is 2.07. The highest BCUT2D eigenvalue weighted by Crippen LogP contribution is 2.26. The molecule has 1 aromatic carbocycles. The van der Waals surface area contributed by atoms with E-state index in [0.29, 0.717) is 0 Å². The van der Waals surface area contributed by atoms with Crippen molar-refractivity contribution in [2.45, 2.75) is 12.5 Å². The van der Waals surface area contributed by atoms with E-state index in [2.05, 4.69) is 10.5 Å². The first-order chi connectivity index (χ1) is 7.43. The van der Waals surface area contributed by atoms with Gasteiger partial charge in [0.2, 0.25) is 5.58 Å². The minimum Gasteiger partial charge on any atom is -0.485 e. The van der Waals surface area contributed by atoms with Crippen LogP contribution in [0.2, 0.25) is 0 Å². The second-order valence-corrected chi connectivity index (χ2v) is 3.73. The molecular weight excluding hydrogens is 192 g/mol. The molecule has 78 valence electrons. The Balaban J connectivity index is 1.92. The molecule has 0 amide bonds. The summed E-state index contributed by atoms with van der Waals surface area (Å²) in [5, 5.41) is 8.01. The fraction of sp³-hybridized carbons (Fsp3) is 0.364. The number of hydrogen-bond acceptors (Lipinski definition) is 4. The maximum atomic E-state index is 5.85. The number of nitrogens with one attached hydrogen (secondary N) is 1. The number of hydrogen-bond donors (Lipinski definition) is 1. The molecule has 0 bridgehead atoms. The third-order valence-corrected chi connectivity index (χ3v) is 2.65. The van der Waals surface area contributed by atoms with Gasteiger partial charge in [0.05, 0.1) is 6.20 Å². The fourth-order valence-corrected chi connectivity index (χ4v) is 1.87. The quantitative estimate of drug-likeness (QED) is 0.806. The summed E-state index contributed by atoms with van der Waals surface area (Å²) < 4.78 is 11.0. The average molecular weight is 204 g/mol. The van der Waals surface area contributed by atoms with Gasteiger partial charge in [0, 0.05) is 11.9 Å². The second kappa shape index (κ2) is 3.55. The van der Waals surface area contributed by atoms with E-state index in [0.717, 1.165) is 36.2 Å². The molecule has 2 aromatic rings. The van der Waals surface area contributed by atoms with Crippen molar-refractivity contribution in [2.24, 2.45) is 0 Å². The summed E-state index contributed by atoms with van der Waals surface area (Å²) in [7, 11) is 0. The lowest BCUT2D eigenvalue weighted by Crippen LogP contribution is -2.19. The van der Waals surface area contributed by atoms with E-state index >= 15 is 0 Å². The molecule has 3 rings (SSSR count). The monoisotopic (exact) mass is 204 g/mol. The molecule has 4 nitrogen and oxygen atoms in total. The van der Waals surface area contributed by atoms with Crippen molar-refractivity contribution < 1.29 is 9.26 Å². The zero-order chi connectivity index (χ0) is 10.1. The molecule has 0 aliphatic carbocycles. The smallest absolute Gasteiger partial charge is 0.208 e. The standard InChI is InChI=1S/C11H12N2O2/c1-2-8-6-13-15-11(8)10(3-1)14-9-4-5-12-7-9/h1-3,6,9,12H,4-5,7H2. The van der Waals surface area contributed by atoms with Gasteiger partial charge in [0.1, 0.15) is 6.10 Å². The predicted octanol–water partition coefficient (Wildman–Crippen LogP) is 1.57. The lowest BCUT2D eigenvalue weighted by Gasteiger charge is -2.11. The third-order valence-electron chi connectivity index (χ3n) is 2.65. The Morgan fingerprint density at radius 1 is 1.47 bits per heavy atom. The highest BCUT2D eigenvalue weighted by atomic mass is 16.5. The summed E-state index contributed by atoms with van der Waals surface area (Å²) >= 11 is 0. The largest absolute Gasteiger partial charge is 0.485 e. The highest BCUT2D eigenvalue weighted by Gasteiger charge is 2.17. The van der Waals surface area contributed by atoms with E-state index < -0.39 is 0 Å². The molecule has 1 atom stereocenters. The van der Waals surface area contributed by atoms with Gasteiger partial charge in [-0.2, -0.15) is 0 Å². The molecule has 4 heteroatoms. The summed E-state index contributed by atoms with van der Waals surface area (Å²) in [5.74, 6) is 0.790. The van der Waals surface area contributed by atoms with Crippen LogP contribution in [0.15, 0.2) is 28.9 Å². The van der Waals surface area contributed by atoms with Gasteiger partial charge in [0.25, 0.3) is 0 Å². The maximum Gasteiger partial charge on any atom is 0.208 e. The van der Waals surface area contributed by atoms with Gasteiger partial charge < -0.3 is 14.6 Å². The first kappa shape index (κ1) is 8.73. The molecule has 1 saturated heterocycles. The maximum absolute atomic E-state index is 5.85. The Labute approximate surface area is 87.2 Å². The Bertz CT molecular complexity index is 460. The summed E-state index contributed by atoms with van der Waals surface area (Å²) in [4.78, 5) is 0. The van der Waals surface area contributed by atoms with Crippen molar-refractivity contribution in [1.29, 1.82) is 0 Å². The molecule has 2 heterocycles. The molecule has 1 N–H and O–H groups in total. The van der Waals surface area contributed by atoms with Crippen LogP contribution in [-0.2, 0) is 0 Å². The van der Waals surface area contributed by atoms with E-state index in [1.165, 1.54) is 0 Å². The van der Waals surface area contributed by atoms with Gasteiger partial charge in [-0.3, -0.25) is 0 Å². The van der Waals surface area contributed by atoms with Crippen LogP contribution in [0.1, 0.15) is 6.42 Å². The molecule has 1 fully saturated rings. The van der Waals surface area contributed by atoms with E-state index in [-0.39, 0.29) is 6.10 Å². The lowest BCUT2D eigenvalue weighted by molar-refractivity contribution is 0.221. The van der Waals surface area contributed by atoms with Crippen molar-refractivity contribution in [3.8, 4) is 5.75 Å². The summed E-state index contributed by atoms with van der Waals surface area (Å²) in [6.07, 6.45) is 3.00. The zero-order valence-corrected chi connectivity index (χ0v) is 8.27. The van der Waals surface area contributed by atoms with Crippen LogP contribution in [0.5, 0.6) is 5.75 Å². The number of ether oxygens (including phenoxy) is 1. The van der Waals surface area contributed by atoms with Crippen molar-refractivity contribution in [2.75, 3.05) is 13.1 Å². The topological polar surface area (TPSA) is 47.3 Å². The minimum atomic E-state index is 0.251. The van der Waals surface area contributed by atoms with E-state index in [1.807, 2.05) is 18.2 Å². The number of aromatic nitrogens is 1. The van der Waals surface area contributed by atoms with Crippen LogP contribution in [-0.4, -0.2) is 24.4 Å². The molecule has 15 heavy (non-hydrogen) atoms. The summed E-state index contributed by atoms with van der Waals surface area (Å²) in [6.45, 7) is 1.93. The Hall–Kier alpha value is -1.55. The molecule has 1 aliphatic rings. The summed E-state index contributed by atoms with van der Waals surface area (Å²) in [6, 6.07) is 5.84. The van der Waals surface area contributed by atoms with Crippen LogP contribution in [0.25, 0.3) is 11.0 Å². The summed E-state index contributed by atoms with van der Waals surface area (Å²) in [5.41, 5.74) is 0.740. The van der Waals surface area contributed by atoms with E-state index in [1.54, 1.807) is 6.20 Å². The number of fused-ring (bicyclic) bond motifs is 1. The van der Waals surface area contributed by atoms with E-state index in [9.17, 15) is 0 Å². The predicted molar refractivity (Wildman–Crippen MR) is 55.9 cm³/mol.